The summed E-state index contributed by atoms with van der Waals surface area (Å²) in [7, 11) is 0. The van der Waals surface area contributed by atoms with Crippen molar-refractivity contribution >= 4 is 33.2 Å². The van der Waals surface area contributed by atoms with Crippen molar-refractivity contribution in [2.75, 3.05) is 6.61 Å². The van der Waals surface area contributed by atoms with Gasteiger partial charge >= 0.3 is 0 Å². The van der Waals surface area contributed by atoms with Gasteiger partial charge in [-0.2, -0.15) is 5.10 Å². The summed E-state index contributed by atoms with van der Waals surface area (Å²) in [6, 6.07) is 22.4. The van der Waals surface area contributed by atoms with Crippen LogP contribution in [0, 0.1) is 0 Å². The minimum Gasteiger partial charge on any atom is -0.494 e. The molecule has 2 aliphatic heterocycles. The zero-order valence-electron chi connectivity index (χ0n) is 19.2. The van der Waals surface area contributed by atoms with Crippen LogP contribution in [0.25, 0.3) is 0 Å². The Kier molecular flexibility index (Phi) is 7.12. The van der Waals surface area contributed by atoms with Gasteiger partial charge in [-0.05, 0) is 66.6 Å². The Hall–Kier alpha value is -2.50. The molecule has 3 aromatic carbocycles. The second kappa shape index (κ2) is 10.4. The Bertz CT molecular complexity index is 1160. The summed E-state index contributed by atoms with van der Waals surface area (Å²) in [4.78, 5) is 0. The van der Waals surface area contributed by atoms with Crippen molar-refractivity contribution < 1.29 is 9.47 Å². The average molecular weight is 540 g/mol. The molecule has 3 aromatic rings. The van der Waals surface area contributed by atoms with E-state index in [0.29, 0.717) is 0 Å². The fourth-order valence-corrected chi connectivity index (χ4v) is 5.05. The third kappa shape index (κ3) is 4.96. The molecule has 0 spiro atoms. The molecule has 2 atom stereocenters. The minimum atomic E-state index is -0.304. The number of unbranched alkanes of at least 4 members (excludes halogenated alkanes) is 3. The van der Waals surface area contributed by atoms with E-state index in [2.05, 4.69) is 46.1 Å². The smallest absolute Gasteiger partial charge is 0.213 e. The van der Waals surface area contributed by atoms with Crippen LogP contribution in [0.2, 0.25) is 5.02 Å². The fraction of sp³-hybridized carbons (Fsp3) is 0.321. The lowest BCUT2D eigenvalue weighted by Gasteiger charge is -2.38. The SMILES string of the molecule is CCCCCCOc1ccc([C@@H]2Oc3ccc(Br)cc3[C@H]3CC(c4ccc(Cl)cc4)=NN32)cc1. The first kappa shape index (κ1) is 23.3. The molecule has 0 amide bonds. The number of hydrogen-bond acceptors (Lipinski definition) is 4. The molecule has 0 aromatic heterocycles. The van der Waals surface area contributed by atoms with Crippen molar-refractivity contribution in [3.05, 3.63) is 92.9 Å². The maximum absolute atomic E-state index is 6.49. The number of hydrogen-bond donors (Lipinski definition) is 0. The van der Waals surface area contributed by atoms with Crippen LogP contribution < -0.4 is 9.47 Å². The van der Waals surface area contributed by atoms with E-state index < -0.39 is 0 Å². The van der Waals surface area contributed by atoms with Crippen LogP contribution in [0.15, 0.2) is 76.3 Å². The molecule has 0 fully saturated rings. The second-order valence-electron chi connectivity index (χ2n) is 8.78. The van der Waals surface area contributed by atoms with Crippen molar-refractivity contribution in [2.24, 2.45) is 5.10 Å². The van der Waals surface area contributed by atoms with Gasteiger partial charge in [-0.3, -0.25) is 0 Å². The number of fused-ring (bicyclic) bond motifs is 3. The summed E-state index contributed by atoms with van der Waals surface area (Å²) in [6.45, 7) is 2.97. The van der Waals surface area contributed by atoms with Gasteiger partial charge in [0.25, 0.3) is 0 Å². The summed E-state index contributed by atoms with van der Waals surface area (Å²) in [5.74, 6) is 1.79. The van der Waals surface area contributed by atoms with E-state index >= 15 is 0 Å². The van der Waals surface area contributed by atoms with E-state index in [4.69, 9.17) is 26.2 Å². The van der Waals surface area contributed by atoms with Crippen LogP contribution in [-0.2, 0) is 0 Å². The van der Waals surface area contributed by atoms with Gasteiger partial charge in [0, 0.05) is 27.0 Å². The highest BCUT2D eigenvalue weighted by Gasteiger charge is 2.41. The Morgan fingerprint density at radius 3 is 2.59 bits per heavy atom. The van der Waals surface area contributed by atoms with E-state index in [1.54, 1.807) is 0 Å². The topological polar surface area (TPSA) is 34.1 Å². The molecule has 0 saturated carbocycles. The molecule has 0 aliphatic carbocycles. The van der Waals surface area contributed by atoms with Crippen LogP contribution in [0.3, 0.4) is 0 Å². The van der Waals surface area contributed by atoms with E-state index in [0.717, 1.165) is 62.8 Å². The molecule has 5 rings (SSSR count). The maximum Gasteiger partial charge on any atom is 0.213 e. The van der Waals surface area contributed by atoms with Gasteiger partial charge < -0.3 is 9.47 Å². The summed E-state index contributed by atoms with van der Waals surface area (Å²) >= 11 is 9.73. The summed E-state index contributed by atoms with van der Waals surface area (Å²) < 4.78 is 13.5. The van der Waals surface area contributed by atoms with E-state index in [-0.39, 0.29) is 12.3 Å². The maximum atomic E-state index is 6.49. The average Bonchev–Trinajstić information content (AvgIpc) is 3.30. The van der Waals surface area contributed by atoms with Gasteiger partial charge in [0.2, 0.25) is 6.23 Å². The van der Waals surface area contributed by atoms with Crippen LogP contribution in [0.1, 0.15) is 68.0 Å². The lowest BCUT2D eigenvalue weighted by molar-refractivity contribution is -0.0191. The molecule has 4 nitrogen and oxygen atoms in total. The molecule has 0 saturated heterocycles. The lowest BCUT2D eigenvalue weighted by Crippen LogP contribution is -2.33. The second-order valence-corrected chi connectivity index (χ2v) is 10.1. The molecule has 176 valence electrons. The molecule has 2 aliphatic rings. The highest BCUT2D eigenvalue weighted by Crippen LogP contribution is 2.48. The Labute approximate surface area is 214 Å². The van der Waals surface area contributed by atoms with Crippen molar-refractivity contribution in [1.82, 2.24) is 5.01 Å². The monoisotopic (exact) mass is 538 g/mol. The first-order chi connectivity index (χ1) is 16.6. The molecule has 6 heteroatoms. The first-order valence-corrected chi connectivity index (χ1v) is 13.1. The van der Waals surface area contributed by atoms with Gasteiger partial charge in [0.1, 0.15) is 11.5 Å². The third-order valence-corrected chi connectivity index (χ3v) is 7.11. The normalized spacial score (nSPS) is 18.7. The highest BCUT2D eigenvalue weighted by molar-refractivity contribution is 9.10. The zero-order chi connectivity index (χ0) is 23.5. The number of benzene rings is 3. The molecular formula is C28H28BrClN2O2. The quantitative estimate of drug-likeness (QED) is 0.270. The van der Waals surface area contributed by atoms with Crippen LogP contribution in [0.5, 0.6) is 11.5 Å². The van der Waals surface area contributed by atoms with Crippen molar-refractivity contribution in [2.45, 2.75) is 51.3 Å². The molecule has 0 radical (unpaired) electrons. The Morgan fingerprint density at radius 2 is 1.82 bits per heavy atom. The standard InChI is InChI=1S/C28H28BrClN2O2/c1-2-3-4-5-16-33-23-13-8-20(9-14-23)28-32-26(24-17-21(29)10-15-27(24)34-28)18-25(31-32)19-6-11-22(30)12-7-19/h6-15,17,26,28H,2-5,16,18H2,1H3/t26-,28+/m1/s1. The number of rotatable bonds is 8. The predicted molar refractivity (Wildman–Crippen MR) is 141 cm³/mol. The van der Waals surface area contributed by atoms with Gasteiger partial charge in [-0.25, -0.2) is 5.01 Å². The van der Waals surface area contributed by atoms with E-state index in [1.807, 2.05) is 48.5 Å². The van der Waals surface area contributed by atoms with Crippen molar-refractivity contribution in [1.29, 1.82) is 0 Å². The van der Waals surface area contributed by atoms with E-state index in [1.165, 1.54) is 19.3 Å². The lowest BCUT2D eigenvalue weighted by atomic mass is 9.96. The minimum absolute atomic E-state index is 0.103. The summed E-state index contributed by atoms with van der Waals surface area (Å²) in [5, 5.41) is 7.85. The molecule has 0 bridgehead atoms. The van der Waals surface area contributed by atoms with Crippen LogP contribution in [0.4, 0.5) is 0 Å². The first-order valence-electron chi connectivity index (χ1n) is 11.9. The van der Waals surface area contributed by atoms with Gasteiger partial charge in [0.15, 0.2) is 0 Å². The van der Waals surface area contributed by atoms with Crippen molar-refractivity contribution in [3.63, 3.8) is 0 Å². The van der Waals surface area contributed by atoms with Gasteiger partial charge in [-0.15, -0.1) is 0 Å². The van der Waals surface area contributed by atoms with Crippen molar-refractivity contribution in [3.8, 4) is 11.5 Å². The van der Waals surface area contributed by atoms with E-state index in [9.17, 15) is 0 Å². The summed E-state index contributed by atoms with van der Waals surface area (Å²) in [5.41, 5.74) is 4.32. The van der Waals surface area contributed by atoms with Crippen LogP contribution in [-0.4, -0.2) is 17.3 Å². The fourth-order valence-electron chi connectivity index (χ4n) is 4.54. The molecule has 0 unspecified atom stereocenters. The van der Waals surface area contributed by atoms with Gasteiger partial charge in [0.05, 0.1) is 18.4 Å². The molecular weight excluding hydrogens is 512 g/mol. The number of nitrogens with zero attached hydrogens (tertiary/aromatic N) is 2. The number of ether oxygens (including phenoxy) is 2. The van der Waals surface area contributed by atoms with Gasteiger partial charge in [-0.1, -0.05) is 65.8 Å². The number of halogens is 2. The predicted octanol–water partition coefficient (Wildman–Crippen LogP) is 8.30. The molecule has 34 heavy (non-hydrogen) atoms. The zero-order valence-corrected chi connectivity index (χ0v) is 21.6. The molecule has 2 heterocycles. The number of hydrazone groups is 1. The largest absolute Gasteiger partial charge is 0.494 e. The summed E-state index contributed by atoms with van der Waals surface area (Å²) in [6.07, 6.45) is 5.30. The van der Waals surface area contributed by atoms with Crippen LogP contribution >= 0.6 is 27.5 Å². The third-order valence-electron chi connectivity index (χ3n) is 6.36. The molecule has 0 N–H and O–H groups in total. The Balaban J connectivity index is 1.40. The Morgan fingerprint density at radius 1 is 1.03 bits per heavy atom. The highest BCUT2D eigenvalue weighted by atomic mass is 79.9.